The Balaban J connectivity index is 1.61. The molecule has 0 radical (unpaired) electrons. The summed E-state index contributed by atoms with van der Waals surface area (Å²) in [7, 11) is 0. The van der Waals surface area contributed by atoms with Crippen LogP contribution in [0.4, 0.5) is 4.79 Å². The van der Waals surface area contributed by atoms with Crippen LogP contribution >= 0.6 is 11.3 Å². The Morgan fingerprint density at radius 3 is 2.89 bits per heavy atom. The summed E-state index contributed by atoms with van der Waals surface area (Å²) in [5.74, 6) is -0.863. The maximum atomic E-state index is 12.8. The van der Waals surface area contributed by atoms with Gasteiger partial charge in [-0.15, -0.1) is 11.3 Å². The molecule has 2 unspecified atom stereocenters. The van der Waals surface area contributed by atoms with E-state index >= 15 is 0 Å². The maximum Gasteiger partial charge on any atom is 0.317 e. The molecule has 27 heavy (non-hydrogen) atoms. The Labute approximate surface area is 162 Å². The van der Waals surface area contributed by atoms with Gasteiger partial charge in [-0.25, -0.2) is 9.78 Å². The van der Waals surface area contributed by atoms with Crippen molar-refractivity contribution in [2.75, 3.05) is 19.7 Å². The van der Waals surface area contributed by atoms with Gasteiger partial charge in [0, 0.05) is 30.6 Å². The number of aliphatic carboxylic acids is 1. The number of nitrogens with zero attached hydrogens (tertiary/aromatic N) is 2. The van der Waals surface area contributed by atoms with E-state index in [0.29, 0.717) is 32.5 Å². The summed E-state index contributed by atoms with van der Waals surface area (Å²) in [5.41, 5.74) is 1.07. The second-order valence-electron chi connectivity index (χ2n) is 6.44. The molecule has 1 aliphatic heterocycles. The minimum Gasteiger partial charge on any atom is -0.481 e. The molecular weight excluding hydrogens is 366 g/mol. The molecule has 0 aliphatic carbocycles. The number of hydrogen-bond acceptors (Lipinski definition) is 5. The van der Waals surface area contributed by atoms with Gasteiger partial charge < -0.3 is 20.1 Å². The van der Waals surface area contributed by atoms with Gasteiger partial charge in [0.2, 0.25) is 0 Å². The minimum absolute atomic E-state index is 0.0165. The molecular formula is C19H23N3O4S. The Kier molecular flexibility index (Phi) is 6.78. The van der Waals surface area contributed by atoms with Gasteiger partial charge in [0.15, 0.2) is 0 Å². The van der Waals surface area contributed by atoms with E-state index < -0.39 is 5.97 Å². The van der Waals surface area contributed by atoms with E-state index in [-0.39, 0.29) is 24.6 Å². The number of amides is 2. The molecule has 0 bridgehead atoms. The number of carboxylic acids is 1. The highest BCUT2D eigenvalue weighted by Crippen LogP contribution is 2.24. The van der Waals surface area contributed by atoms with E-state index in [2.05, 4.69) is 10.3 Å². The smallest absolute Gasteiger partial charge is 0.317 e. The number of benzene rings is 1. The van der Waals surface area contributed by atoms with Gasteiger partial charge in [0.25, 0.3) is 0 Å². The van der Waals surface area contributed by atoms with Crippen LogP contribution in [0.2, 0.25) is 0 Å². The zero-order chi connectivity index (χ0) is 19.1. The zero-order valence-corrected chi connectivity index (χ0v) is 15.7. The molecule has 1 aliphatic rings. The Morgan fingerprint density at radius 1 is 1.37 bits per heavy atom. The van der Waals surface area contributed by atoms with Crippen LogP contribution in [0, 0.1) is 0 Å². The third kappa shape index (κ3) is 5.77. The molecule has 0 spiro atoms. The number of carbonyl (C=O) groups is 2. The monoisotopic (exact) mass is 389 g/mol. The van der Waals surface area contributed by atoms with Crippen molar-refractivity contribution in [3.05, 3.63) is 52.5 Å². The summed E-state index contributed by atoms with van der Waals surface area (Å²) in [6, 6.07) is 9.34. The zero-order valence-electron chi connectivity index (χ0n) is 14.9. The highest BCUT2D eigenvalue weighted by Gasteiger charge is 2.28. The molecule has 2 heterocycles. The van der Waals surface area contributed by atoms with Crippen molar-refractivity contribution in [3.8, 4) is 0 Å². The van der Waals surface area contributed by atoms with E-state index in [9.17, 15) is 9.59 Å². The van der Waals surface area contributed by atoms with Crippen molar-refractivity contribution < 1.29 is 19.4 Å². The van der Waals surface area contributed by atoms with Crippen LogP contribution in [-0.2, 0) is 16.0 Å². The second kappa shape index (κ2) is 9.48. The van der Waals surface area contributed by atoms with Gasteiger partial charge in [-0.1, -0.05) is 30.3 Å². The topological polar surface area (TPSA) is 91.8 Å². The number of urea groups is 1. The van der Waals surface area contributed by atoms with Crippen molar-refractivity contribution in [3.63, 3.8) is 0 Å². The van der Waals surface area contributed by atoms with Crippen LogP contribution in [-0.4, -0.2) is 52.7 Å². The molecule has 8 heteroatoms. The number of hydrogen-bond donors (Lipinski definition) is 2. The molecule has 3 rings (SSSR count). The number of thiazole rings is 1. The van der Waals surface area contributed by atoms with E-state index in [0.717, 1.165) is 10.6 Å². The van der Waals surface area contributed by atoms with Crippen LogP contribution in [0.3, 0.4) is 0 Å². The number of ether oxygens (including phenoxy) is 1. The lowest BCUT2D eigenvalue weighted by Crippen LogP contribution is -2.50. The van der Waals surface area contributed by atoms with Crippen molar-refractivity contribution in [2.45, 2.75) is 31.4 Å². The third-order valence-electron chi connectivity index (χ3n) is 4.44. The normalized spacial score (nSPS) is 18.1. The molecule has 7 nitrogen and oxygen atoms in total. The van der Waals surface area contributed by atoms with E-state index in [4.69, 9.17) is 9.84 Å². The van der Waals surface area contributed by atoms with Crippen LogP contribution in [0.25, 0.3) is 0 Å². The highest BCUT2D eigenvalue weighted by molar-refractivity contribution is 7.09. The third-order valence-corrected chi connectivity index (χ3v) is 5.31. The number of morpholine rings is 1. The number of carbonyl (C=O) groups excluding carboxylic acids is 1. The fourth-order valence-electron chi connectivity index (χ4n) is 3.06. The molecule has 1 fully saturated rings. The van der Waals surface area contributed by atoms with Gasteiger partial charge in [-0.3, -0.25) is 4.79 Å². The lowest BCUT2D eigenvalue weighted by Gasteiger charge is -2.33. The fraction of sp³-hybridized carbons (Fsp3) is 0.421. The molecule has 1 aromatic heterocycles. The SMILES string of the molecule is O=C(O)CCC(Cc1ccccc1)NC(=O)N1CCOC(c2nccs2)C1. The van der Waals surface area contributed by atoms with Crippen LogP contribution in [0.1, 0.15) is 29.5 Å². The lowest BCUT2D eigenvalue weighted by molar-refractivity contribution is -0.137. The first-order chi connectivity index (χ1) is 13.1. The highest BCUT2D eigenvalue weighted by atomic mass is 32.1. The van der Waals surface area contributed by atoms with Crippen molar-refractivity contribution in [2.24, 2.45) is 0 Å². The molecule has 0 saturated carbocycles. The summed E-state index contributed by atoms with van der Waals surface area (Å²) in [6.45, 7) is 1.40. The molecule has 2 atom stereocenters. The number of nitrogens with one attached hydrogen (secondary N) is 1. The first kappa shape index (κ1) is 19.3. The molecule has 2 N–H and O–H groups in total. The minimum atomic E-state index is -0.863. The summed E-state index contributed by atoms with van der Waals surface area (Å²) < 4.78 is 5.73. The van der Waals surface area contributed by atoms with Crippen molar-refractivity contribution in [1.82, 2.24) is 15.2 Å². The number of rotatable bonds is 7. The largest absolute Gasteiger partial charge is 0.481 e. The van der Waals surface area contributed by atoms with Gasteiger partial charge in [-0.05, 0) is 18.4 Å². The van der Waals surface area contributed by atoms with E-state index in [1.807, 2.05) is 35.7 Å². The van der Waals surface area contributed by atoms with E-state index in [1.165, 1.54) is 11.3 Å². The summed E-state index contributed by atoms with van der Waals surface area (Å²) in [5, 5.41) is 14.8. The standard InChI is InChI=1S/C19H23N3O4S/c23-17(24)7-6-15(12-14-4-2-1-3-5-14)21-19(25)22-9-10-26-16(13-22)18-20-8-11-27-18/h1-5,8,11,15-16H,6-7,9-10,12-13H2,(H,21,25)(H,23,24). The molecule has 2 amide bonds. The first-order valence-corrected chi connectivity index (χ1v) is 9.82. The Hall–Kier alpha value is -2.45. The summed E-state index contributed by atoms with van der Waals surface area (Å²) in [6.07, 6.45) is 2.51. The fourth-order valence-corrected chi connectivity index (χ4v) is 3.74. The predicted molar refractivity (Wildman–Crippen MR) is 102 cm³/mol. The Morgan fingerprint density at radius 2 is 2.19 bits per heavy atom. The second-order valence-corrected chi connectivity index (χ2v) is 7.37. The van der Waals surface area contributed by atoms with E-state index in [1.54, 1.807) is 11.1 Å². The van der Waals surface area contributed by atoms with Crippen LogP contribution in [0.15, 0.2) is 41.9 Å². The average molecular weight is 389 g/mol. The molecule has 2 aromatic rings. The first-order valence-electron chi connectivity index (χ1n) is 8.94. The Bertz CT molecular complexity index is 739. The molecule has 1 aromatic carbocycles. The average Bonchev–Trinajstić information content (AvgIpc) is 3.22. The van der Waals surface area contributed by atoms with Crippen molar-refractivity contribution >= 4 is 23.3 Å². The number of carboxylic acid groups (broad SMARTS) is 1. The summed E-state index contributed by atoms with van der Waals surface area (Å²) in [4.78, 5) is 29.7. The predicted octanol–water partition coefficient (Wildman–Crippen LogP) is 2.70. The van der Waals surface area contributed by atoms with Gasteiger partial charge in [0.05, 0.1) is 13.2 Å². The number of aromatic nitrogens is 1. The van der Waals surface area contributed by atoms with Gasteiger partial charge in [-0.2, -0.15) is 0 Å². The quantitative estimate of drug-likeness (QED) is 0.760. The molecule has 1 saturated heterocycles. The van der Waals surface area contributed by atoms with Gasteiger partial charge >= 0.3 is 12.0 Å². The summed E-state index contributed by atoms with van der Waals surface area (Å²) >= 11 is 1.51. The molecule has 144 valence electrons. The van der Waals surface area contributed by atoms with Crippen molar-refractivity contribution in [1.29, 1.82) is 0 Å². The van der Waals surface area contributed by atoms with Crippen LogP contribution in [0.5, 0.6) is 0 Å². The maximum absolute atomic E-state index is 12.8. The van der Waals surface area contributed by atoms with Crippen LogP contribution < -0.4 is 5.32 Å². The lowest BCUT2D eigenvalue weighted by atomic mass is 10.0. The van der Waals surface area contributed by atoms with Gasteiger partial charge in [0.1, 0.15) is 11.1 Å².